The van der Waals surface area contributed by atoms with Crippen molar-refractivity contribution in [3.8, 4) is 0 Å². The zero-order chi connectivity index (χ0) is 15.2. The van der Waals surface area contributed by atoms with Gasteiger partial charge in [-0.1, -0.05) is 32.9 Å². The third-order valence-electron chi connectivity index (χ3n) is 3.39. The Kier molecular flexibility index (Phi) is 6.17. The predicted molar refractivity (Wildman–Crippen MR) is 81.1 cm³/mol. The summed E-state index contributed by atoms with van der Waals surface area (Å²) in [6, 6.07) is 6.96. The molecule has 0 bridgehead atoms. The molecule has 0 amide bonds. The molecule has 0 fully saturated rings. The zero-order valence-corrected chi connectivity index (χ0v) is 13.3. The van der Waals surface area contributed by atoms with Gasteiger partial charge in [-0.3, -0.25) is 0 Å². The molecule has 20 heavy (non-hydrogen) atoms. The van der Waals surface area contributed by atoms with Gasteiger partial charge < -0.3 is 5.11 Å². The minimum atomic E-state index is -3.46. The molecule has 2 N–H and O–H groups in total. The SMILES string of the molecule is CCc1ccc(S(=O)(=O)NCC(C)(C)CCCO)cc1. The number of aryl methyl sites for hydroxylation is 1. The Morgan fingerprint density at radius 1 is 1.20 bits per heavy atom. The van der Waals surface area contributed by atoms with Crippen molar-refractivity contribution < 1.29 is 13.5 Å². The summed E-state index contributed by atoms with van der Waals surface area (Å²) in [7, 11) is -3.46. The summed E-state index contributed by atoms with van der Waals surface area (Å²) >= 11 is 0. The molecule has 0 aliphatic heterocycles. The minimum Gasteiger partial charge on any atom is -0.396 e. The van der Waals surface area contributed by atoms with E-state index in [4.69, 9.17) is 5.11 Å². The highest BCUT2D eigenvalue weighted by Gasteiger charge is 2.21. The van der Waals surface area contributed by atoms with Crippen molar-refractivity contribution in [2.75, 3.05) is 13.2 Å². The van der Waals surface area contributed by atoms with Gasteiger partial charge >= 0.3 is 0 Å². The third-order valence-corrected chi connectivity index (χ3v) is 4.81. The van der Waals surface area contributed by atoms with Crippen LogP contribution in [0.15, 0.2) is 29.2 Å². The third kappa shape index (κ3) is 5.23. The van der Waals surface area contributed by atoms with Gasteiger partial charge in [0.2, 0.25) is 10.0 Å². The second-order valence-corrected chi connectivity index (χ2v) is 7.58. The number of nitrogens with one attached hydrogen (secondary N) is 1. The number of hydrogen-bond acceptors (Lipinski definition) is 3. The molecule has 114 valence electrons. The van der Waals surface area contributed by atoms with E-state index in [2.05, 4.69) is 4.72 Å². The topological polar surface area (TPSA) is 66.4 Å². The number of aliphatic hydroxyl groups excluding tert-OH is 1. The molecule has 0 saturated carbocycles. The van der Waals surface area contributed by atoms with E-state index in [1.165, 1.54) is 0 Å². The molecule has 1 aromatic carbocycles. The molecule has 5 heteroatoms. The van der Waals surface area contributed by atoms with Crippen molar-refractivity contribution in [2.24, 2.45) is 5.41 Å². The van der Waals surface area contributed by atoms with Gasteiger partial charge in [0.05, 0.1) is 4.90 Å². The molecule has 1 aromatic rings. The largest absolute Gasteiger partial charge is 0.396 e. The summed E-state index contributed by atoms with van der Waals surface area (Å²) in [6.07, 6.45) is 2.35. The molecule has 1 rings (SSSR count). The summed E-state index contributed by atoms with van der Waals surface area (Å²) in [5.74, 6) is 0. The van der Waals surface area contributed by atoms with Crippen LogP contribution < -0.4 is 4.72 Å². The van der Waals surface area contributed by atoms with Crippen LogP contribution in [-0.2, 0) is 16.4 Å². The van der Waals surface area contributed by atoms with Crippen LogP contribution in [0.1, 0.15) is 39.2 Å². The first-order chi connectivity index (χ1) is 9.30. The number of sulfonamides is 1. The average Bonchev–Trinajstić information content (AvgIpc) is 2.43. The second kappa shape index (κ2) is 7.20. The summed E-state index contributed by atoms with van der Waals surface area (Å²) in [4.78, 5) is 0.299. The van der Waals surface area contributed by atoms with E-state index >= 15 is 0 Å². The van der Waals surface area contributed by atoms with E-state index in [0.717, 1.165) is 18.4 Å². The van der Waals surface area contributed by atoms with Gasteiger partial charge in [0, 0.05) is 13.2 Å². The van der Waals surface area contributed by atoms with Crippen LogP contribution in [0, 0.1) is 5.41 Å². The van der Waals surface area contributed by atoms with Crippen LogP contribution in [-0.4, -0.2) is 26.7 Å². The Bertz CT molecular complexity index is 506. The molecule has 0 heterocycles. The fourth-order valence-corrected chi connectivity index (χ4v) is 3.17. The number of aliphatic hydroxyl groups is 1. The maximum Gasteiger partial charge on any atom is 0.240 e. The molecule has 0 spiro atoms. The average molecular weight is 299 g/mol. The number of benzene rings is 1. The van der Waals surface area contributed by atoms with Crippen molar-refractivity contribution in [1.82, 2.24) is 4.72 Å². The molecule has 0 radical (unpaired) electrons. The Morgan fingerprint density at radius 3 is 2.30 bits per heavy atom. The molecule has 0 unspecified atom stereocenters. The highest BCUT2D eigenvalue weighted by molar-refractivity contribution is 7.89. The summed E-state index contributed by atoms with van der Waals surface area (Å²) in [5.41, 5.74) is 0.950. The van der Waals surface area contributed by atoms with Crippen molar-refractivity contribution in [1.29, 1.82) is 0 Å². The molecular weight excluding hydrogens is 274 g/mol. The normalized spacial score (nSPS) is 12.6. The Labute approximate surface area is 122 Å². The van der Waals surface area contributed by atoms with Crippen molar-refractivity contribution in [2.45, 2.75) is 44.9 Å². The smallest absolute Gasteiger partial charge is 0.240 e. The second-order valence-electron chi connectivity index (χ2n) is 5.81. The lowest BCUT2D eigenvalue weighted by atomic mass is 9.88. The van der Waals surface area contributed by atoms with Gasteiger partial charge in [-0.25, -0.2) is 13.1 Å². The van der Waals surface area contributed by atoms with E-state index in [0.29, 0.717) is 17.9 Å². The first-order valence-corrected chi connectivity index (χ1v) is 8.48. The van der Waals surface area contributed by atoms with Crippen molar-refractivity contribution >= 4 is 10.0 Å². The van der Waals surface area contributed by atoms with Crippen molar-refractivity contribution in [3.05, 3.63) is 29.8 Å². The lowest BCUT2D eigenvalue weighted by molar-refractivity contribution is 0.242. The zero-order valence-electron chi connectivity index (χ0n) is 12.5. The lowest BCUT2D eigenvalue weighted by Crippen LogP contribution is -2.34. The highest BCUT2D eigenvalue weighted by atomic mass is 32.2. The summed E-state index contributed by atoms with van der Waals surface area (Å²) in [6.45, 7) is 6.52. The fourth-order valence-electron chi connectivity index (χ4n) is 1.92. The Balaban J connectivity index is 2.69. The summed E-state index contributed by atoms with van der Waals surface area (Å²) in [5, 5.41) is 8.85. The molecule has 0 saturated heterocycles. The van der Waals surface area contributed by atoms with Crippen LogP contribution in [0.5, 0.6) is 0 Å². The van der Waals surface area contributed by atoms with E-state index in [-0.39, 0.29) is 12.0 Å². The molecule has 0 aliphatic carbocycles. The number of hydrogen-bond donors (Lipinski definition) is 2. The van der Waals surface area contributed by atoms with Crippen LogP contribution in [0.4, 0.5) is 0 Å². The highest BCUT2D eigenvalue weighted by Crippen LogP contribution is 2.22. The summed E-state index contributed by atoms with van der Waals surface area (Å²) < 4.78 is 27.0. The number of rotatable bonds is 8. The first-order valence-electron chi connectivity index (χ1n) is 7.00. The predicted octanol–water partition coefficient (Wildman–Crippen LogP) is 2.33. The Hall–Kier alpha value is -0.910. The maximum absolute atomic E-state index is 12.2. The quantitative estimate of drug-likeness (QED) is 0.774. The van der Waals surface area contributed by atoms with Gasteiger partial charge in [-0.15, -0.1) is 0 Å². The van der Waals surface area contributed by atoms with Crippen LogP contribution >= 0.6 is 0 Å². The molecule has 0 aromatic heterocycles. The van der Waals surface area contributed by atoms with Crippen LogP contribution in [0.2, 0.25) is 0 Å². The van der Waals surface area contributed by atoms with Gasteiger partial charge in [-0.2, -0.15) is 0 Å². The van der Waals surface area contributed by atoms with Crippen molar-refractivity contribution in [3.63, 3.8) is 0 Å². The van der Waals surface area contributed by atoms with Gasteiger partial charge in [0.25, 0.3) is 0 Å². The van der Waals surface area contributed by atoms with E-state index < -0.39 is 10.0 Å². The first kappa shape index (κ1) is 17.1. The fraction of sp³-hybridized carbons (Fsp3) is 0.600. The Morgan fingerprint density at radius 2 is 1.80 bits per heavy atom. The van der Waals surface area contributed by atoms with Gasteiger partial charge in [-0.05, 0) is 42.4 Å². The van der Waals surface area contributed by atoms with E-state index in [1.54, 1.807) is 12.1 Å². The molecule has 4 nitrogen and oxygen atoms in total. The van der Waals surface area contributed by atoms with E-state index in [9.17, 15) is 8.42 Å². The van der Waals surface area contributed by atoms with Gasteiger partial charge in [0.1, 0.15) is 0 Å². The maximum atomic E-state index is 12.2. The van der Waals surface area contributed by atoms with Gasteiger partial charge in [0.15, 0.2) is 0 Å². The molecule has 0 aliphatic rings. The standard InChI is InChI=1S/C15H25NO3S/c1-4-13-6-8-14(9-7-13)20(18,19)16-12-15(2,3)10-5-11-17/h6-9,16-17H,4-5,10-12H2,1-3H3. The lowest BCUT2D eigenvalue weighted by Gasteiger charge is -2.24. The van der Waals surface area contributed by atoms with E-state index in [1.807, 2.05) is 32.9 Å². The molecular formula is C15H25NO3S. The van der Waals surface area contributed by atoms with Crippen LogP contribution in [0.25, 0.3) is 0 Å². The monoisotopic (exact) mass is 299 g/mol. The van der Waals surface area contributed by atoms with Crippen LogP contribution in [0.3, 0.4) is 0 Å². The minimum absolute atomic E-state index is 0.134. The molecule has 0 atom stereocenters.